The van der Waals surface area contributed by atoms with E-state index in [0.717, 1.165) is 24.5 Å². The molecule has 1 saturated heterocycles. The van der Waals surface area contributed by atoms with Gasteiger partial charge in [-0.1, -0.05) is 32.4 Å². The minimum Gasteiger partial charge on any atom is -0.370 e. The van der Waals surface area contributed by atoms with Gasteiger partial charge in [-0.05, 0) is 31.0 Å². The number of nitrogens with zero attached hydrogens (tertiary/aromatic N) is 1. The van der Waals surface area contributed by atoms with Crippen molar-refractivity contribution in [3.05, 3.63) is 23.2 Å². The lowest BCUT2D eigenvalue weighted by molar-refractivity contribution is -0.113. The van der Waals surface area contributed by atoms with E-state index in [1.165, 1.54) is 12.8 Å². The maximum Gasteiger partial charge on any atom is 0.234 e. The quantitative estimate of drug-likeness (QED) is 0.889. The first-order valence-corrected chi connectivity index (χ1v) is 8.70. The number of rotatable bonds is 4. The molecular formula is C16H23ClN2OS. The average molecular weight is 327 g/mol. The van der Waals surface area contributed by atoms with Crippen LogP contribution in [0.3, 0.4) is 0 Å². The normalized spacial score (nSPS) is 15.3. The second-order valence-electron chi connectivity index (χ2n) is 6.30. The number of hydrogen-bond donors (Lipinski definition) is 1. The highest BCUT2D eigenvalue weighted by molar-refractivity contribution is 8.01. The lowest BCUT2D eigenvalue weighted by Gasteiger charge is -2.22. The van der Waals surface area contributed by atoms with Crippen molar-refractivity contribution in [3.8, 4) is 0 Å². The third kappa shape index (κ3) is 5.11. The van der Waals surface area contributed by atoms with Crippen molar-refractivity contribution in [1.29, 1.82) is 0 Å². The van der Waals surface area contributed by atoms with Gasteiger partial charge in [0, 0.05) is 22.9 Å². The fourth-order valence-electron chi connectivity index (χ4n) is 2.31. The molecule has 3 nitrogen and oxygen atoms in total. The Morgan fingerprint density at radius 3 is 2.62 bits per heavy atom. The smallest absolute Gasteiger partial charge is 0.234 e. The minimum atomic E-state index is 0.0256. The summed E-state index contributed by atoms with van der Waals surface area (Å²) in [5, 5.41) is 3.66. The van der Waals surface area contributed by atoms with Crippen molar-refractivity contribution in [2.24, 2.45) is 0 Å². The molecule has 1 aromatic carbocycles. The minimum absolute atomic E-state index is 0.0256. The van der Waals surface area contributed by atoms with Gasteiger partial charge in [0.2, 0.25) is 5.91 Å². The van der Waals surface area contributed by atoms with Crippen molar-refractivity contribution in [3.63, 3.8) is 0 Å². The molecule has 1 aliphatic heterocycles. The number of anilines is 2. The third-order valence-corrected chi connectivity index (χ3v) is 4.82. The third-order valence-electron chi connectivity index (χ3n) is 3.32. The van der Waals surface area contributed by atoms with E-state index in [1.54, 1.807) is 11.8 Å². The van der Waals surface area contributed by atoms with Gasteiger partial charge in [0.05, 0.1) is 17.1 Å². The highest BCUT2D eigenvalue weighted by Gasteiger charge is 2.18. The largest absolute Gasteiger partial charge is 0.370 e. The zero-order valence-corrected chi connectivity index (χ0v) is 14.5. The molecule has 1 fully saturated rings. The Kier molecular flexibility index (Phi) is 5.44. The number of benzene rings is 1. The number of carbonyl (C=O) groups excluding carboxylic acids is 1. The molecule has 0 unspecified atom stereocenters. The van der Waals surface area contributed by atoms with Gasteiger partial charge in [-0.3, -0.25) is 4.79 Å². The van der Waals surface area contributed by atoms with Crippen LogP contribution in [0.15, 0.2) is 18.2 Å². The molecule has 0 aliphatic carbocycles. The van der Waals surface area contributed by atoms with E-state index in [1.807, 2.05) is 18.2 Å². The molecule has 1 aromatic rings. The summed E-state index contributed by atoms with van der Waals surface area (Å²) in [6, 6.07) is 5.73. The van der Waals surface area contributed by atoms with Crippen molar-refractivity contribution in [2.75, 3.05) is 29.1 Å². The summed E-state index contributed by atoms with van der Waals surface area (Å²) in [6.07, 6.45) is 2.41. The van der Waals surface area contributed by atoms with Crippen molar-refractivity contribution in [2.45, 2.75) is 38.4 Å². The number of nitrogens with one attached hydrogen (secondary N) is 1. The van der Waals surface area contributed by atoms with E-state index in [4.69, 9.17) is 11.6 Å². The number of hydrogen-bond acceptors (Lipinski definition) is 3. The molecule has 1 heterocycles. The van der Waals surface area contributed by atoms with Crippen molar-refractivity contribution < 1.29 is 4.79 Å². The van der Waals surface area contributed by atoms with Gasteiger partial charge < -0.3 is 10.2 Å². The zero-order valence-electron chi connectivity index (χ0n) is 12.9. The molecule has 0 bridgehead atoms. The van der Waals surface area contributed by atoms with Crippen LogP contribution in [0, 0.1) is 0 Å². The second kappa shape index (κ2) is 6.93. The lowest BCUT2D eigenvalue weighted by Crippen LogP contribution is -2.23. The molecule has 1 N–H and O–H groups in total. The second-order valence-corrected chi connectivity index (χ2v) is 8.54. The summed E-state index contributed by atoms with van der Waals surface area (Å²) in [4.78, 5) is 14.5. The van der Waals surface area contributed by atoms with Crippen LogP contribution in [0.5, 0.6) is 0 Å². The van der Waals surface area contributed by atoms with Crippen LogP contribution < -0.4 is 10.2 Å². The summed E-state index contributed by atoms with van der Waals surface area (Å²) >= 11 is 7.73. The van der Waals surface area contributed by atoms with E-state index >= 15 is 0 Å². The van der Waals surface area contributed by atoms with Gasteiger partial charge in [0.25, 0.3) is 0 Å². The highest BCUT2D eigenvalue weighted by Crippen LogP contribution is 2.32. The summed E-state index contributed by atoms with van der Waals surface area (Å²) in [5.41, 5.74) is 1.90. The van der Waals surface area contributed by atoms with E-state index in [0.29, 0.717) is 10.8 Å². The molecule has 5 heteroatoms. The molecule has 1 aliphatic rings. The van der Waals surface area contributed by atoms with Crippen LogP contribution >= 0.6 is 23.4 Å². The first kappa shape index (κ1) is 16.5. The molecule has 0 radical (unpaired) electrons. The van der Waals surface area contributed by atoms with Gasteiger partial charge >= 0.3 is 0 Å². The Labute approximate surface area is 136 Å². The zero-order chi connectivity index (χ0) is 15.5. The summed E-state index contributed by atoms with van der Waals surface area (Å²) < 4.78 is 0.0868. The van der Waals surface area contributed by atoms with Gasteiger partial charge in [-0.15, -0.1) is 11.8 Å². The fourth-order valence-corrected chi connectivity index (χ4v) is 3.12. The summed E-state index contributed by atoms with van der Waals surface area (Å²) in [6.45, 7) is 8.42. The molecule has 1 amide bonds. The maximum absolute atomic E-state index is 12.1. The average Bonchev–Trinajstić information content (AvgIpc) is 2.89. The van der Waals surface area contributed by atoms with Crippen molar-refractivity contribution >= 4 is 40.6 Å². The molecular weight excluding hydrogens is 304 g/mol. The Morgan fingerprint density at radius 2 is 2.00 bits per heavy atom. The Morgan fingerprint density at radius 1 is 1.33 bits per heavy atom. The molecule has 116 valence electrons. The van der Waals surface area contributed by atoms with Gasteiger partial charge in [-0.25, -0.2) is 0 Å². The van der Waals surface area contributed by atoms with Crippen LogP contribution in [-0.2, 0) is 4.79 Å². The van der Waals surface area contributed by atoms with Gasteiger partial charge in [0.1, 0.15) is 0 Å². The number of amides is 1. The predicted octanol–water partition coefficient (Wildman–Crippen LogP) is 4.41. The van der Waals surface area contributed by atoms with Crippen molar-refractivity contribution in [1.82, 2.24) is 0 Å². The predicted molar refractivity (Wildman–Crippen MR) is 93.7 cm³/mol. The topological polar surface area (TPSA) is 32.3 Å². The van der Waals surface area contributed by atoms with Crippen LogP contribution in [-0.4, -0.2) is 29.5 Å². The number of carbonyl (C=O) groups is 1. The molecule has 0 atom stereocenters. The SMILES string of the molecule is CC(C)(C)SCC(=O)Nc1cc(Cl)ccc1N1CCCC1. The van der Waals surface area contributed by atoms with Gasteiger partial charge in [0.15, 0.2) is 0 Å². The first-order valence-electron chi connectivity index (χ1n) is 7.33. The monoisotopic (exact) mass is 326 g/mol. The van der Waals surface area contributed by atoms with E-state index in [9.17, 15) is 4.79 Å². The Hall–Kier alpha value is -0.870. The summed E-state index contributed by atoms with van der Waals surface area (Å²) in [5.74, 6) is 0.479. The Balaban J connectivity index is 2.07. The molecule has 21 heavy (non-hydrogen) atoms. The maximum atomic E-state index is 12.1. The van der Waals surface area contributed by atoms with Crippen LogP contribution in [0.2, 0.25) is 5.02 Å². The van der Waals surface area contributed by atoms with E-state index in [2.05, 4.69) is 31.0 Å². The van der Waals surface area contributed by atoms with E-state index in [-0.39, 0.29) is 10.7 Å². The molecule has 2 rings (SSSR count). The molecule has 0 spiro atoms. The van der Waals surface area contributed by atoms with Gasteiger partial charge in [-0.2, -0.15) is 0 Å². The standard InChI is InChI=1S/C16H23ClN2OS/c1-16(2,3)21-11-15(20)18-13-10-12(17)6-7-14(13)19-8-4-5-9-19/h6-7,10H,4-5,8-9,11H2,1-3H3,(H,18,20). The fraction of sp³-hybridized carbons (Fsp3) is 0.562. The van der Waals surface area contributed by atoms with Crippen LogP contribution in [0.1, 0.15) is 33.6 Å². The summed E-state index contributed by atoms with van der Waals surface area (Å²) in [7, 11) is 0. The molecule has 0 saturated carbocycles. The van der Waals surface area contributed by atoms with Crippen LogP contribution in [0.25, 0.3) is 0 Å². The number of halogens is 1. The Bertz CT molecular complexity index is 507. The first-order chi connectivity index (χ1) is 9.85. The lowest BCUT2D eigenvalue weighted by atomic mass is 10.2. The number of thioether (sulfide) groups is 1. The van der Waals surface area contributed by atoms with Crippen LogP contribution in [0.4, 0.5) is 11.4 Å². The highest BCUT2D eigenvalue weighted by atomic mass is 35.5. The molecule has 0 aromatic heterocycles. The van der Waals surface area contributed by atoms with E-state index < -0.39 is 0 Å².